The lowest BCUT2D eigenvalue weighted by Gasteiger charge is -2.29. The standard InChI is InChI=1S/C19H29N2OS2/c1-14-18(2,3)15-8-5-6-9-16(15)21(14)11-7-10-20-17(22)19(4)12-23-24-13-19/h5-6,8-9,17,20,22H,7,10-13H2,1-4H3/q+1. The summed E-state index contributed by atoms with van der Waals surface area (Å²) in [6, 6.07) is 8.73. The molecule has 0 aliphatic carbocycles. The number of nitrogens with zero attached hydrogens (tertiary/aromatic N) is 1. The molecule has 3 rings (SSSR count). The molecule has 0 saturated carbocycles. The number of aliphatic hydroxyl groups is 1. The smallest absolute Gasteiger partial charge is 0.209 e. The fraction of sp³-hybridized carbons (Fsp3) is 0.632. The van der Waals surface area contributed by atoms with Crippen molar-refractivity contribution in [3.63, 3.8) is 0 Å². The monoisotopic (exact) mass is 365 g/mol. The van der Waals surface area contributed by atoms with Gasteiger partial charge in [-0.2, -0.15) is 4.58 Å². The number of fused-ring (bicyclic) bond motifs is 1. The molecule has 1 aromatic carbocycles. The first-order chi connectivity index (χ1) is 11.4. The molecule has 24 heavy (non-hydrogen) atoms. The number of nitrogens with one attached hydrogen (secondary N) is 1. The van der Waals surface area contributed by atoms with Gasteiger partial charge in [-0.1, -0.05) is 46.7 Å². The van der Waals surface area contributed by atoms with Gasteiger partial charge in [0.2, 0.25) is 5.69 Å². The van der Waals surface area contributed by atoms with Crippen molar-refractivity contribution in [3.05, 3.63) is 29.8 Å². The van der Waals surface area contributed by atoms with E-state index >= 15 is 0 Å². The van der Waals surface area contributed by atoms with Crippen LogP contribution in [0, 0.1) is 5.41 Å². The van der Waals surface area contributed by atoms with Crippen LogP contribution in [-0.4, -0.2) is 46.2 Å². The number of aliphatic hydroxyl groups excluding tert-OH is 1. The molecule has 1 aromatic rings. The highest BCUT2D eigenvalue weighted by Gasteiger charge is 2.42. The van der Waals surface area contributed by atoms with E-state index in [0.717, 1.165) is 31.0 Å². The van der Waals surface area contributed by atoms with Crippen LogP contribution in [0.25, 0.3) is 0 Å². The van der Waals surface area contributed by atoms with E-state index in [4.69, 9.17) is 0 Å². The third kappa shape index (κ3) is 3.28. The molecule has 1 fully saturated rings. The Morgan fingerprint density at radius 3 is 2.58 bits per heavy atom. The number of para-hydroxylation sites is 1. The minimum absolute atomic E-state index is 0.000387. The van der Waals surface area contributed by atoms with E-state index in [2.05, 4.69) is 61.9 Å². The van der Waals surface area contributed by atoms with Crippen molar-refractivity contribution in [2.75, 3.05) is 24.6 Å². The van der Waals surface area contributed by atoms with Crippen LogP contribution in [0.1, 0.15) is 39.7 Å². The minimum Gasteiger partial charge on any atom is -0.378 e. The zero-order chi connectivity index (χ0) is 17.4. The van der Waals surface area contributed by atoms with E-state index in [-0.39, 0.29) is 10.8 Å². The molecule has 1 unspecified atom stereocenters. The Bertz CT molecular complexity index is 636. The van der Waals surface area contributed by atoms with Crippen molar-refractivity contribution in [2.24, 2.45) is 5.41 Å². The first-order valence-electron chi connectivity index (χ1n) is 8.73. The third-order valence-corrected chi connectivity index (χ3v) is 8.52. The molecule has 3 nitrogen and oxygen atoms in total. The lowest BCUT2D eigenvalue weighted by Crippen LogP contribution is -2.45. The van der Waals surface area contributed by atoms with Crippen LogP contribution in [0.5, 0.6) is 0 Å². The molecule has 2 aliphatic rings. The zero-order valence-electron chi connectivity index (χ0n) is 15.1. The summed E-state index contributed by atoms with van der Waals surface area (Å²) in [5.41, 5.74) is 4.29. The van der Waals surface area contributed by atoms with Gasteiger partial charge in [0.15, 0.2) is 5.71 Å². The average molecular weight is 366 g/mol. The fourth-order valence-electron chi connectivity index (χ4n) is 3.51. The van der Waals surface area contributed by atoms with Crippen LogP contribution < -0.4 is 5.32 Å². The second-order valence-electron chi connectivity index (χ2n) is 7.77. The second-order valence-corrected chi connectivity index (χ2v) is 10.2. The molecular formula is C19H29N2OS2+. The summed E-state index contributed by atoms with van der Waals surface area (Å²) < 4.78 is 2.45. The van der Waals surface area contributed by atoms with Crippen LogP contribution in [-0.2, 0) is 5.41 Å². The average Bonchev–Trinajstić information content (AvgIpc) is 3.08. The third-order valence-electron chi connectivity index (χ3n) is 5.59. The van der Waals surface area contributed by atoms with E-state index in [9.17, 15) is 5.11 Å². The summed E-state index contributed by atoms with van der Waals surface area (Å²) in [5, 5.41) is 13.8. The Morgan fingerprint density at radius 1 is 1.21 bits per heavy atom. The molecule has 5 heteroatoms. The van der Waals surface area contributed by atoms with Crippen LogP contribution in [0.15, 0.2) is 24.3 Å². The molecule has 1 atom stereocenters. The normalized spacial score (nSPS) is 22.7. The van der Waals surface area contributed by atoms with Gasteiger partial charge in [0, 0.05) is 48.4 Å². The number of rotatable bonds is 6. The maximum absolute atomic E-state index is 10.4. The summed E-state index contributed by atoms with van der Waals surface area (Å²) in [7, 11) is 3.73. The van der Waals surface area contributed by atoms with E-state index in [1.54, 1.807) is 0 Å². The quantitative estimate of drug-likeness (QED) is 0.348. The lowest BCUT2D eigenvalue weighted by atomic mass is 9.82. The van der Waals surface area contributed by atoms with Crippen molar-refractivity contribution in [1.29, 1.82) is 0 Å². The Morgan fingerprint density at radius 2 is 1.88 bits per heavy atom. The van der Waals surface area contributed by atoms with Crippen LogP contribution in [0.2, 0.25) is 0 Å². The summed E-state index contributed by atoms with van der Waals surface area (Å²) in [6.07, 6.45) is 0.613. The largest absolute Gasteiger partial charge is 0.378 e. The molecule has 0 amide bonds. The molecular weight excluding hydrogens is 336 g/mol. The molecule has 0 bridgehead atoms. The highest BCUT2D eigenvalue weighted by Crippen LogP contribution is 2.44. The molecule has 2 N–H and O–H groups in total. The maximum Gasteiger partial charge on any atom is 0.209 e. The highest BCUT2D eigenvalue weighted by atomic mass is 33.1. The van der Waals surface area contributed by atoms with E-state index < -0.39 is 6.23 Å². The molecule has 0 aromatic heterocycles. The van der Waals surface area contributed by atoms with Gasteiger partial charge in [-0.3, -0.25) is 5.32 Å². The SMILES string of the molecule is CC1=[N+](CCCNC(O)C2(C)CSSC2)c2ccccc2C1(C)C. The molecule has 2 heterocycles. The minimum atomic E-state index is -0.410. The van der Waals surface area contributed by atoms with Gasteiger partial charge in [-0.25, -0.2) is 0 Å². The van der Waals surface area contributed by atoms with Crippen molar-refractivity contribution in [2.45, 2.75) is 45.8 Å². The van der Waals surface area contributed by atoms with Crippen LogP contribution >= 0.6 is 21.6 Å². The van der Waals surface area contributed by atoms with E-state index in [1.807, 2.05) is 21.6 Å². The first kappa shape index (κ1) is 18.3. The number of hydrogen-bond donors (Lipinski definition) is 2. The van der Waals surface area contributed by atoms with Gasteiger partial charge in [-0.05, 0) is 13.8 Å². The fourth-order valence-corrected chi connectivity index (χ4v) is 6.98. The molecule has 132 valence electrons. The summed E-state index contributed by atoms with van der Waals surface area (Å²) >= 11 is 0. The maximum atomic E-state index is 10.4. The van der Waals surface area contributed by atoms with Crippen molar-refractivity contribution >= 4 is 33.0 Å². The molecule has 2 aliphatic heterocycles. The summed E-state index contributed by atoms with van der Waals surface area (Å²) in [6.45, 7) is 10.9. The number of benzene rings is 1. The van der Waals surface area contributed by atoms with Gasteiger partial charge in [-0.15, -0.1) is 0 Å². The topological polar surface area (TPSA) is 35.3 Å². The van der Waals surface area contributed by atoms with Crippen LogP contribution in [0.3, 0.4) is 0 Å². The summed E-state index contributed by atoms with van der Waals surface area (Å²) in [5.74, 6) is 2.04. The van der Waals surface area contributed by atoms with Gasteiger partial charge in [0.25, 0.3) is 0 Å². The van der Waals surface area contributed by atoms with Gasteiger partial charge in [0.05, 0.1) is 5.41 Å². The number of hydrogen-bond acceptors (Lipinski definition) is 4. The Labute approximate surface area is 153 Å². The van der Waals surface area contributed by atoms with Crippen molar-refractivity contribution < 1.29 is 9.68 Å². The second kappa shape index (κ2) is 7.02. The van der Waals surface area contributed by atoms with E-state index in [1.165, 1.54) is 17.0 Å². The first-order valence-corrected chi connectivity index (χ1v) is 11.2. The molecule has 1 saturated heterocycles. The zero-order valence-corrected chi connectivity index (χ0v) is 16.8. The molecule has 0 spiro atoms. The summed E-state index contributed by atoms with van der Waals surface area (Å²) in [4.78, 5) is 0. The van der Waals surface area contributed by atoms with Gasteiger partial charge in [0.1, 0.15) is 12.8 Å². The Hall–Kier alpha value is -0.490. The predicted octanol–water partition coefficient (Wildman–Crippen LogP) is 3.78. The highest BCUT2D eigenvalue weighted by molar-refractivity contribution is 8.77. The van der Waals surface area contributed by atoms with Gasteiger partial charge < -0.3 is 5.11 Å². The Balaban J connectivity index is 1.58. The Kier molecular flexibility index (Phi) is 5.36. The molecule has 0 radical (unpaired) electrons. The predicted molar refractivity (Wildman–Crippen MR) is 107 cm³/mol. The van der Waals surface area contributed by atoms with E-state index in [0.29, 0.717) is 0 Å². The van der Waals surface area contributed by atoms with Crippen LogP contribution in [0.4, 0.5) is 5.69 Å². The lowest BCUT2D eigenvalue weighted by molar-refractivity contribution is -0.439. The van der Waals surface area contributed by atoms with Gasteiger partial charge >= 0.3 is 0 Å². The van der Waals surface area contributed by atoms with Crippen molar-refractivity contribution in [3.8, 4) is 0 Å². The van der Waals surface area contributed by atoms with Crippen molar-refractivity contribution in [1.82, 2.24) is 5.32 Å².